The molecule has 0 bridgehead atoms. The molecule has 0 saturated heterocycles. The van der Waals surface area contributed by atoms with Crippen LogP contribution >= 0.6 is 0 Å². The number of carbonyl (C=O) groups is 1. The Bertz CT molecular complexity index is 1010. The Morgan fingerprint density at radius 1 is 1.20 bits per heavy atom. The predicted molar refractivity (Wildman–Crippen MR) is 93.1 cm³/mol. The zero-order chi connectivity index (χ0) is 17.8. The highest BCUT2D eigenvalue weighted by atomic mass is 16.5. The number of H-pyrrole nitrogens is 1. The number of aromatic nitrogens is 1. The van der Waals surface area contributed by atoms with E-state index in [0.29, 0.717) is 22.5 Å². The van der Waals surface area contributed by atoms with Gasteiger partial charge in [-0.25, -0.2) is 0 Å². The largest absolute Gasteiger partial charge is 0.545 e. The molecule has 7 nitrogen and oxygen atoms in total. The molecule has 3 aromatic rings. The lowest BCUT2D eigenvalue weighted by molar-refractivity contribution is -0.255. The number of carbonyl (C=O) groups excluding carboxylic acids is 1. The van der Waals surface area contributed by atoms with E-state index in [1.54, 1.807) is 37.4 Å². The predicted octanol–water partition coefficient (Wildman–Crippen LogP) is 1.35. The van der Waals surface area contributed by atoms with Crippen molar-refractivity contribution < 1.29 is 14.6 Å². The molecule has 0 amide bonds. The second kappa shape index (κ2) is 6.88. The zero-order valence-electron chi connectivity index (χ0n) is 13.3. The normalized spacial score (nSPS) is 10.9. The molecule has 0 fully saturated rings. The van der Waals surface area contributed by atoms with Crippen LogP contribution in [-0.2, 0) is 0 Å². The third-order valence-electron chi connectivity index (χ3n) is 3.60. The van der Waals surface area contributed by atoms with E-state index < -0.39 is 5.97 Å². The number of hydrogen-bond acceptors (Lipinski definition) is 6. The van der Waals surface area contributed by atoms with Gasteiger partial charge in [0.25, 0.3) is 5.56 Å². The number of hydrogen-bond donors (Lipinski definition) is 2. The molecule has 0 atom stereocenters. The lowest BCUT2D eigenvalue weighted by Crippen LogP contribution is -2.21. The summed E-state index contributed by atoms with van der Waals surface area (Å²) < 4.78 is 5.13. The molecule has 0 saturated carbocycles. The molecular weight excluding hydrogens is 322 g/mol. The Balaban J connectivity index is 1.79. The average Bonchev–Trinajstić information content (AvgIpc) is 2.62. The van der Waals surface area contributed by atoms with Gasteiger partial charge in [0.05, 0.1) is 36.1 Å². The smallest absolute Gasteiger partial charge is 0.257 e. The Labute approximate surface area is 142 Å². The number of aromatic amines is 1. The Kier molecular flexibility index (Phi) is 4.47. The molecule has 0 spiro atoms. The van der Waals surface area contributed by atoms with E-state index in [-0.39, 0.29) is 11.1 Å². The second-order valence-electron chi connectivity index (χ2n) is 5.24. The zero-order valence-corrected chi connectivity index (χ0v) is 13.3. The van der Waals surface area contributed by atoms with Crippen molar-refractivity contribution in [3.8, 4) is 5.75 Å². The van der Waals surface area contributed by atoms with Gasteiger partial charge < -0.3 is 19.6 Å². The van der Waals surface area contributed by atoms with Crippen LogP contribution < -0.4 is 20.8 Å². The van der Waals surface area contributed by atoms with E-state index in [1.807, 2.05) is 6.07 Å². The van der Waals surface area contributed by atoms with Gasteiger partial charge in [0.2, 0.25) is 0 Å². The van der Waals surface area contributed by atoms with Crippen LogP contribution in [0.1, 0.15) is 15.9 Å². The van der Waals surface area contributed by atoms with Crippen LogP contribution in [0.25, 0.3) is 10.9 Å². The number of anilines is 1. The monoisotopic (exact) mass is 336 g/mol. The van der Waals surface area contributed by atoms with Gasteiger partial charge in [0.15, 0.2) is 0 Å². The average molecular weight is 336 g/mol. The van der Waals surface area contributed by atoms with Crippen molar-refractivity contribution >= 4 is 28.8 Å². The van der Waals surface area contributed by atoms with Gasteiger partial charge in [-0.1, -0.05) is 12.1 Å². The first-order valence-electron chi connectivity index (χ1n) is 7.38. The Hall–Kier alpha value is -3.61. The summed E-state index contributed by atoms with van der Waals surface area (Å²) in [6.45, 7) is 0. The summed E-state index contributed by atoms with van der Waals surface area (Å²) in [4.78, 5) is 25.6. The maximum absolute atomic E-state index is 12.1. The van der Waals surface area contributed by atoms with Crippen molar-refractivity contribution in [2.24, 2.45) is 5.10 Å². The molecule has 0 aliphatic carbocycles. The number of carboxylic acids is 1. The molecule has 0 radical (unpaired) electrons. The molecule has 0 aliphatic heterocycles. The van der Waals surface area contributed by atoms with Gasteiger partial charge in [-0.05, 0) is 41.3 Å². The third-order valence-corrected chi connectivity index (χ3v) is 3.60. The maximum Gasteiger partial charge on any atom is 0.257 e. The maximum atomic E-state index is 12.1. The molecule has 2 N–H and O–H groups in total. The summed E-state index contributed by atoms with van der Waals surface area (Å²) in [6, 6.07) is 13.0. The van der Waals surface area contributed by atoms with Gasteiger partial charge in [0, 0.05) is 6.07 Å². The van der Waals surface area contributed by atoms with Crippen molar-refractivity contribution in [1.82, 2.24) is 4.98 Å². The number of nitrogens with zero attached hydrogens (tertiary/aromatic N) is 1. The first-order valence-corrected chi connectivity index (χ1v) is 7.38. The number of hydrazone groups is 1. The van der Waals surface area contributed by atoms with Gasteiger partial charge >= 0.3 is 0 Å². The summed E-state index contributed by atoms with van der Waals surface area (Å²) in [5.41, 5.74) is 4.18. The van der Waals surface area contributed by atoms with Crippen LogP contribution in [0.3, 0.4) is 0 Å². The van der Waals surface area contributed by atoms with Crippen molar-refractivity contribution in [1.29, 1.82) is 0 Å². The summed E-state index contributed by atoms with van der Waals surface area (Å²) in [5, 5.41) is 15.5. The second-order valence-corrected chi connectivity index (χ2v) is 5.24. The number of aromatic carboxylic acids is 1. The lowest BCUT2D eigenvalue weighted by atomic mass is 10.1. The Morgan fingerprint density at radius 3 is 2.64 bits per heavy atom. The quantitative estimate of drug-likeness (QED) is 0.540. The minimum Gasteiger partial charge on any atom is -0.545 e. The highest BCUT2D eigenvalue weighted by molar-refractivity contribution is 5.88. The van der Waals surface area contributed by atoms with Crippen molar-refractivity contribution in [2.75, 3.05) is 12.5 Å². The molecule has 0 aliphatic rings. The van der Waals surface area contributed by atoms with E-state index >= 15 is 0 Å². The van der Waals surface area contributed by atoms with Crippen molar-refractivity contribution in [3.63, 3.8) is 0 Å². The standard InChI is InChI=1S/C18H15N3O4/c1-25-15-7-4-12-8-13(17(22)20-16(12)9-15)10-19-21-14-5-2-11(3-6-14)18(23)24/h2-10,21H,1H3,(H,20,22)(H,23,24)/p-1/b19-10+. The van der Waals surface area contributed by atoms with Crippen LogP contribution in [0.5, 0.6) is 5.75 Å². The van der Waals surface area contributed by atoms with Gasteiger partial charge in [0.1, 0.15) is 5.75 Å². The highest BCUT2D eigenvalue weighted by Crippen LogP contribution is 2.18. The van der Waals surface area contributed by atoms with Crippen LogP contribution in [0.2, 0.25) is 0 Å². The summed E-state index contributed by atoms with van der Waals surface area (Å²) in [7, 11) is 1.56. The number of pyridine rings is 1. The number of nitrogens with one attached hydrogen (secondary N) is 2. The fourth-order valence-electron chi connectivity index (χ4n) is 2.28. The number of methoxy groups -OCH3 is 1. The number of fused-ring (bicyclic) bond motifs is 1. The van der Waals surface area contributed by atoms with E-state index in [1.165, 1.54) is 18.3 Å². The molecule has 0 unspecified atom stereocenters. The fourth-order valence-corrected chi connectivity index (χ4v) is 2.28. The highest BCUT2D eigenvalue weighted by Gasteiger charge is 2.02. The lowest BCUT2D eigenvalue weighted by Gasteiger charge is -2.04. The fraction of sp³-hybridized carbons (Fsp3) is 0.0556. The van der Waals surface area contributed by atoms with Crippen LogP contribution in [-0.4, -0.2) is 24.3 Å². The third kappa shape index (κ3) is 3.66. The number of benzene rings is 2. The SMILES string of the molecule is COc1ccc2cc(/C=N/Nc3ccc(C(=O)[O-])cc3)c(=O)[nH]c2c1. The first-order chi connectivity index (χ1) is 12.1. The van der Waals surface area contributed by atoms with Gasteiger partial charge in [-0.2, -0.15) is 5.10 Å². The van der Waals surface area contributed by atoms with Crippen LogP contribution in [0.4, 0.5) is 5.69 Å². The molecule has 1 aromatic heterocycles. The summed E-state index contributed by atoms with van der Waals surface area (Å²) in [6.07, 6.45) is 1.40. The van der Waals surface area contributed by atoms with Crippen LogP contribution in [0, 0.1) is 0 Å². The van der Waals surface area contributed by atoms with Crippen molar-refractivity contribution in [3.05, 3.63) is 70.0 Å². The molecule has 2 aromatic carbocycles. The van der Waals surface area contributed by atoms with E-state index in [9.17, 15) is 14.7 Å². The molecule has 3 rings (SSSR count). The summed E-state index contributed by atoms with van der Waals surface area (Å²) in [5.74, 6) is -0.583. The van der Waals surface area contributed by atoms with E-state index in [0.717, 1.165) is 5.39 Å². The minimum atomic E-state index is -1.24. The van der Waals surface area contributed by atoms with Crippen molar-refractivity contribution in [2.45, 2.75) is 0 Å². The Morgan fingerprint density at radius 2 is 1.96 bits per heavy atom. The van der Waals surface area contributed by atoms with Crippen LogP contribution in [0.15, 0.2) is 58.4 Å². The first kappa shape index (κ1) is 16.3. The number of carboxylic acid groups (broad SMARTS) is 1. The molecule has 1 heterocycles. The number of ether oxygens (including phenoxy) is 1. The minimum absolute atomic E-state index is 0.0796. The molecule has 25 heavy (non-hydrogen) atoms. The van der Waals surface area contributed by atoms with Gasteiger partial charge in [-0.3, -0.25) is 10.2 Å². The molecule has 7 heteroatoms. The van der Waals surface area contributed by atoms with Gasteiger partial charge in [-0.15, -0.1) is 0 Å². The topological polar surface area (TPSA) is 107 Å². The number of rotatable bonds is 5. The summed E-state index contributed by atoms with van der Waals surface area (Å²) >= 11 is 0. The van der Waals surface area contributed by atoms with E-state index in [2.05, 4.69) is 15.5 Å². The van der Waals surface area contributed by atoms with E-state index in [4.69, 9.17) is 4.74 Å². The molecule has 126 valence electrons. The molecular formula is C18H14N3O4-.